The summed E-state index contributed by atoms with van der Waals surface area (Å²) in [5.74, 6) is -0.247. The van der Waals surface area contributed by atoms with Gasteiger partial charge >= 0.3 is 0 Å². The van der Waals surface area contributed by atoms with Crippen LogP contribution in [0, 0.1) is 5.82 Å². The lowest BCUT2D eigenvalue weighted by Crippen LogP contribution is -1.99. The summed E-state index contributed by atoms with van der Waals surface area (Å²) in [6.45, 7) is 2.44. The van der Waals surface area contributed by atoms with E-state index in [1.54, 1.807) is 10.7 Å². The fraction of sp³-hybridized carbons (Fsp3) is 0.154. The van der Waals surface area contributed by atoms with Crippen LogP contribution in [-0.4, -0.2) is 24.0 Å². The summed E-state index contributed by atoms with van der Waals surface area (Å²) in [7, 11) is -1.65. The molecule has 0 aliphatic carbocycles. The Bertz CT molecular complexity index is 848. The maximum absolute atomic E-state index is 13.3. The van der Waals surface area contributed by atoms with Gasteiger partial charge in [0.15, 0.2) is 10.7 Å². The molecule has 2 N–H and O–H groups in total. The number of halogens is 1. The molecular formula is C13H12FN5OS. The first-order valence-corrected chi connectivity index (χ1v) is 7.41. The molecule has 8 heteroatoms. The fourth-order valence-electron chi connectivity index (χ4n) is 2.04. The van der Waals surface area contributed by atoms with Crippen molar-refractivity contribution in [3.63, 3.8) is 0 Å². The summed E-state index contributed by atoms with van der Waals surface area (Å²) in [5, 5.41) is 4.98. The molecule has 3 rings (SSSR count). The third kappa shape index (κ3) is 2.27. The fourth-order valence-corrected chi connectivity index (χ4v) is 3.24. The number of nitrogens with zero attached hydrogens (tertiary/aromatic N) is 4. The van der Waals surface area contributed by atoms with Gasteiger partial charge in [0.2, 0.25) is 0 Å². The molecule has 108 valence electrons. The Kier molecular flexibility index (Phi) is 3.38. The van der Waals surface area contributed by atoms with Gasteiger partial charge in [-0.1, -0.05) is 6.07 Å². The number of benzene rings is 1. The van der Waals surface area contributed by atoms with Crippen molar-refractivity contribution < 1.29 is 8.60 Å². The number of nitrogen functional groups attached to an aromatic ring is 1. The van der Waals surface area contributed by atoms with E-state index in [4.69, 9.17) is 5.73 Å². The van der Waals surface area contributed by atoms with Crippen molar-refractivity contribution >= 4 is 27.7 Å². The number of rotatable bonds is 3. The first kappa shape index (κ1) is 13.6. The summed E-state index contributed by atoms with van der Waals surface area (Å²) < 4.78 is 27.5. The number of hydrogen-bond acceptors (Lipinski definition) is 5. The van der Waals surface area contributed by atoms with E-state index in [1.807, 2.05) is 6.92 Å². The van der Waals surface area contributed by atoms with Gasteiger partial charge in [-0.25, -0.2) is 23.2 Å². The first-order chi connectivity index (χ1) is 10.1. The molecule has 1 aromatic carbocycles. The molecule has 0 fully saturated rings. The standard InChI is InChI=1S/C13H12FN5OS/c1-2-19-12-10(11(15)16-7-17-12)13(18-19)21(20)9-5-3-4-8(14)6-9/h3-7H,2H2,1H3,(H2,15,16,17). The number of anilines is 1. The summed E-state index contributed by atoms with van der Waals surface area (Å²) in [6, 6.07) is 5.59. The van der Waals surface area contributed by atoms with Gasteiger partial charge in [0.05, 0.1) is 5.39 Å². The Hall–Kier alpha value is -2.35. The number of aromatic nitrogens is 4. The third-order valence-electron chi connectivity index (χ3n) is 3.01. The number of hydrogen-bond donors (Lipinski definition) is 1. The topological polar surface area (TPSA) is 86.7 Å². The molecule has 1 atom stereocenters. The summed E-state index contributed by atoms with van der Waals surface area (Å²) >= 11 is 0. The van der Waals surface area contributed by atoms with Gasteiger partial charge in [-0.2, -0.15) is 5.10 Å². The number of fused-ring (bicyclic) bond motifs is 1. The molecule has 0 spiro atoms. The monoisotopic (exact) mass is 305 g/mol. The summed E-state index contributed by atoms with van der Waals surface area (Å²) in [6.07, 6.45) is 1.33. The van der Waals surface area contributed by atoms with E-state index in [-0.39, 0.29) is 10.8 Å². The van der Waals surface area contributed by atoms with Crippen molar-refractivity contribution in [3.8, 4) is 0 Å². The Morgan fingerprint density at radius 3 is 2.90 bits per heavy atom. The van der Waals surface area contributed by atoms with Gasteiger partial charge in [-0.3, -0.25) is 0 Å². The zero-order valence-electron chi connectivity index (χ0n) is 11.2. The van der Waals surface area contributed by atoms with Crippen molar-refractivity contribution in [2.45, 2.75) is 23.4 Å². The van der Waals surface area contributed by atoms with E-state index in [1.165, 1.54) is 24.5 Å². The van der Waals surface area contributed by atoms with Crippen LogP contribution in [0.5, 0.6) is 0 Å². The van der Waals surface area contributed by atoms with E-state index in [2.05, 4.69) is 15.1 Å². The van der Waals surface area contributed by atoms with Crippen molar-refractivity contribution in [2.24, 2.45) is 0 Å². The second-order valence-corrected chi connectivity index (χ2v) is 5.70. The van der Waals surface area contributed by atoms with Gasteiger partial charge in [-0.05, 0) is 25.1 Å². The zero-order chi connectivity index (χ0) is 15.0. The smallest absolute Gasteiger partial charge is 0.167 e. The highest BCUT2D eigenvalue weighted by atomic mass is 32.2. The Balaban J connectivity index is 2.23. The first-order valence-electron chi connectivity index (χ1n) is 6.26. The molecule has 21 heavy (non-hydrogen) atoms. The molecule has 2 aromatic heterocycles. The molecule has 1 unspecified atom stereocenters. The molecule has 0 saturated heterocycles. The molecule has 0 aliphatic rings. The van der Waals surface area contributed by atoms with Crippen LogP contribution in [0.3, 0.4) is 0 Å². The molecule has 6 nitrogen and oxygen atoms in total. The van der Waals surface area contributed by atoms with E-state index in [0.717, 1.165) is 0 Å². The minimum Gasteiger partial charge on any atom is -0.383 e. The highest BCUT2D eigenvalue weighted by molar-refractivity contribution is 7.85. The average molecular weight is 305 g/mol. The Labute approximate surface area is 122 Å². The molecule has 0 aliphatic heterocycles. The van der Waals surface area contributed by atoms with Gasteiger partial charge in [0.1, 0.15) is 28.8 Å². The van der Waals surface area contributed by atoms with Crippen LogP contribution >= 0.6 is 0 Å². The zero-order valence-corrected chi connectivity index (χ0v) is 12.0. The Morgan fingerprint density at radius 2 is 2.19 bits per heavy atom. The van der Waals surface area contributed by atoms with E-state index in [0.29, 0.717) is 22.5 Å². The molecule has 2 heterocycles. The molecular weight excluding hydrogens is 293 g/mol. The van der Waals surface area contributed by atoms with Gasteiger partial charge < -0.3 is 5.73 Å². The maximum Gasteiger partial charge on any atom is 0.167 e. The SMILES string of the molecule is CCn1nc(S(=O)c2cccc(F)c2)c2c(N)ncnc21. The third-order valence-corrected chi connectivity index (χ3v) is 4.33. The van der Waals surface area contributed by atoms with Crippen LogP contribution in [-0.2, 0) is 17.3 Å². The van der Waals surface area contributed by atoms with Crippen LogP contribution < -0.4 is 5.73 Å². The van der Waals surface area contributed by atoms with Crippen LogP contribution in [0.15, 0.2) is 40.5 Å². The van der Waals surface area contributed by atoms with E-state index < -0.39 is 16.6 Å². The molecule has 0 bridgehead atoms. The van der Waals surface area contributed by atoms with Crippen LogP contribution in [0.25, 0.3) is 11.0 Å². The molecule has 0 saturated carbocycles. The highest BCUT2D eigenvalue weighted by Crippen LogP contribution is 2.27. The minimum absolute atomic E-state index is 0.208. The summed E-state index contributed by atoms with van der Waals surface area (Å²) in [4.78, 5) is 8.36. The van der Waals surface area contributed by atoms with Crippen molar-refractivity contribution in [1.29, 1.82) is 0 Å². The van der Waals surface area contributed by atoms with Crippen molar-refractivity contribution in [1.82, 2.24) is 19.7 Å². The van der Waals surface area contributed by atoms with Gasteiger partial charge in [-0.15, -0.1) is 0 Å². The van der Waals surface area contributed by atoms with Crippen molar-refractivity contribution in [3.05, 3.63) is 36.4 Å². The maximum atomic E-state index is 13.3. The highest BCUT2D eigenvalue weighted by Gasteiger charge is 2.21. The van der Waals surface area contributed by atoms with Crippen LogP contribution in [0.4, 0.5) is 10.2 Å². The second kappa shape index (κ2) is 5.21. The van der Waals surface area contributed by atoms with Crippen LogP contribution in [0.2, 0.25) is 0 Å². The summed E-state index contributed by atoms with van der Waals surface area (Å²) in [5.41, 5.74) is 6.38. The predicted octanol–water partition coefficient (Wildman–Crippen LogP) is 1.73. The van der Waals surface area contributed by atoms with Crippen molar-refractivity contribution in [2.75, 3.05) is 5.73 Å². The lowest BCUT2D eigenvalue weighted by atomic mass is 10.3. The van der Waals surface area contributed by atoms with Gasteiger partial charge in [0, 0.05) is 11.4 Å². The molecule has 0 amide bonds. The molecule has 0 radical (unpaired) electrons. The number of nitrogens with two attached hydrogens (primary N) is 1. The van der Waals surface area contributed by atoms with E-state index >= 15 is 0 Å². The average Bonchev–Trinajstić information content (AvgIpc) is 2.86. The quantitative estimate of drug-likeness (QED) is 0.796. The normalized spacial score (nSPS) is 12.7. The molecule has 3 aromatic rings. The Morgan fingerprint density at radius 1 is 1.38 bits per heavy atom. The van der Waals surface area contributed by atoms with Gasteiger partial charge in [0.25, 0.3) is 0 Å². The number of aryl methyl sites for hydroxylation is 1. The van der Waals surface area contributed by atoms with Crippen LogP contribution in [0.1, 0.15) is 6.92 Å². The lowest BCUT2D eigenvalue weighted by molar-refractivity contribution is 0.621. The van der Waals surface area contributed by atoms with E-state index in [9.17, 15) is 8.60 Å². The lowest BCUT2D eigenvalue weighted by Gasteiger charge is -2.00. The second-order valence-electron chi connectivity index (χ2n) is 4.30. The largest absolute Gasteiger partial charge is 0.383 e. The predicted molar refractivity (Wildman–Crippen MR) is 76.5 cm³/mol. The minimum atomic E-state index is -1.65.